The van der Waals surface area contributed by atoms with Gasteiger partial charge in [-0.2, -0.15) is 5.10 Å². The molecule has 7 heteroatoms. The monoisotopic (exact) mass is 453 g/mol. The third kappa shape index (κ3) is 4.45. The van der Waals surface area contributed by atoms with Gasteiger partial charge in [-0.3, -0.25) is 4.79 Å². The first kappa shape index (κ1) is 21.6. The summed E-state index contributed by atoms with van der Waals surface area (Å²) >= 11 is 0. The summed E-state index contributed by atoms with van der Waals surface area (Å²) in [6.07, 6.45) is 4.05. The molecular weight excluding hydrogens is 429 g/mol. The average molecular weight is 454 g/mol. The topological polar surface area (TPSA) is 75.6 Å². The van der Waals surface area contributed by atoms with Crippen molar-refractivity contribution < 1.29 is 9.18 Å². The molecule has 34 heavy (non-hydrogen) atoms. The molecule has 2 aromatic heterocycles. The van der Waals surface area contributed by atoms with Gasteiger partial charge in [0.05, 0.1) is 11.7 Å². The Labute approximate surface area is 196 Å². The van der Waals surface area contributed by atoms with Crippen LogP contribution in [0.5, 0.6) is 0 Å². The number of carbonyl (C=O) groups excluding carboxylic acids is 1. The summed E-state index contributed by atoms with van der Waals surface area (Å²) < 4.78 is 15.1. The zero-order valence-corrected chi connectivity index (χ0v) is 18.7. The number of rotatable bonds is 7. The second-order valence-electron chi connectivity index (χ2n) is 8.25. The molecule has 0 fully saturated rings. The summed E-state index contributed by atoms with van der Waals surface area (Å²) in [5, 5.41) is 8.30. The third-order valence-corrected chi connectivity index (χ3v) is 6.00. The van der Waals surface area contributed by atoms with Crippen LogP contribution in [0.4, 0.5) is 4.39 Å². The van der Waals surface area contributed by atoms with Crippen molar-refractivity contribution in [2.24, 2.45) is 0 Å². The number of halogens is 1. The number of nitrogens with one attached hydrogen (secondary N) is 2. The lowest BCUT2D eigenvalue weighted by Crippen LogP contribution is -2.26. The number of hydrogen-bond donors (Lipinski definition) is 2. The molecule has 6 nitrogen and oxygen atoms in total. The summed E-state index contributed by atoms with van der Waals surface area (Å²) in [6.45, 7) is 1.97. The Hall–Kier alpha value is -4.26. The number of aromatic nitrogens is 4. The number of hydrogen-bond acceptors (Lipinski definition) is 3. The molecule has 2 heterocycles. The highest BCUT2D eigenvalue weighted by atomic mass is 19.1. The molecule has 170 valence electrons. The summed E-state index contributed by atoms with van der Waals surface area (Å²) in [5.74, 6) is -0.299. The highest BCUT2D eigenvalue weighted by molar-refractivity contribution is 5.91. The van der Waals surface area contributed by atoms with E-state index in [2.05, 4.69) is 20.4 Å². The van der Waals surface area contributed by atoms with Crippen LogP contribution in [0.25, 0.3) is 27.8 Å². The van der Waals surface area contributed by atoms with Crippen LogP contribution < -0.4 is 5.32 Å². The molecule has 0 aliphatic rings. The maximum atomic E-state index is 13.4. The van der Waals surface area contributed by atoms with Crippen LogP contribution in [0.15, 0.2) is 85.5 Å². The Morgan fingerprint density at radius 2 is 1.82 bits per heavy atom. The van der Waals surface area contributed by atoms with E-state index < -0.39 is 0 Å². The standard InChI is InChI=1S/C27H24FN5O/c1-18(19-8-12-22(13-9-19)33-17-29-16-30-33)31-26(34)15-14-24-23-4-2-3-5-25(23)32-27(24)20-6-10-21(28)11-7-20/h2-13,16-18,32H,14-15H2,1H3,(H,31,34). The summed E-state index contributed by atoms with van der Waals surface area (Å²) in [4.78, 5) is 20.2. The lowest BCUT2D eigenvalue weighted by atomic mass is 10.0. The van der Waals surface area contributed by atoms with Crippen LogP contribution in [0.2, 0.25) is 0 Å². The number of amides is 1. The molecule has 5 aromatic rings. The molecule has 5 rings (SSSR count). The molecule has 0 saturated heterocycles. The van der Waals surface area contributed by atoms with Crippen LogP contribution in [0.1, 0.15) is 30.5 Å². The van der Waals surface area contributed by atoms with Crippen molar-refractivity contribution >= 4 is 16.8 Å². The molecule has 0 spiro atoms. The van der Waals surface area contributed by atoms with Gasteiger partial charge < -0.3 is 10.3 Å². The van der Waals surface area contributed by atoms with E-state index in [4.69, 9.17) is 0 Å². The van der Waals surface area contributed by atoms with Gasteiger partial charge in [-0.25, -0.2) is 14.1 Å². The minimum atomic E-state index is -0.274. The maximum Gasteiger partial charge on any atom is 0.220 e. The number of benzene rings is 3. The molecule has 0 saturated carbocycles. The van der Waals surface area contributed by atoms with Crippen molar-refractivity contribution in [2.75, 3.05) is 0 Å². The number of carbonyl (C=O) groups is 1. The fourth-order valence-corrected chi connectivity index (χ4v) is 4.22. The van der Waals surface area contributed by atoms with Gasteiger partial charge in [0.25, 0.3) is 0 Å². The predicted octanol–water partition coefficient (Wildman–Crippen LogP) is 5.36. The number of aromatic amines is 1. The number of H-pyrrole nitrogens is 1. The zero-order valence-electron chi connectivity index (χ0n) is 18.7. The van der Waals surface area contributed by atoms with E-state index in [1.165, 1.54) is 18.5 Å². The number of aryl methyl sites for hydroxylation is 1. The maximum absolute atomic E-state index is 13.4. The van der Waals surface area contributed by atoms with Crippen molar-refractivity contribution in [3.8, 4) is 16.9 Å². The van der Waals surface area contributed by atoms with Crippen LogP contribution in [0, 0.1) is 5.82 Å². The van der Waals surface area contributed by atoms with Crippen LogP contribution >= 0.6 is 0 Å². The van der Waals surface area contributed by atoms with E-state index in [9.17, 15) is 9.18 Å². The summed E-state index contributed by atoms with van der Waals surface area (Å²) in [6, 6.07) is 22.2. The van der Waals surface area contributed by atoms with Crippen molar-refractivity contribution in [1.29, 1.82) is 0 Å². The molecule has 1 amide bonds. The predicted molar refractivity (Wildman–Crippen MR) is 130 cm³/mol. The minimum absolute atomic E-state index is 0.0248. The van der Waals surface area contributed by atoms with E-state index >= 15 is 0 Å². The highest BCUT2D eigenvalue weighted by Gasteiger charge is 2.16. The van der Waals surface area contributed by atoms with Crippen molar-refractivity contribution in [2.45, 2.75) is 25.8 Å². The Morgan fingerprint density at radius 1 is 1.06 bits per heavy atom. The second-order valence-corrected chi connectivity index (χ2v) is 8.25. The van der Waals surface area contributed by atoms with E-state index in [1.54, 1.807) is 23.1 Å². The molecule has 3 aromatic carbocycles. The van der Waals surface area contributed by atoms with Gasteiger partial charge in [0.2, 0.25) is 5.91 Å². The molecule has 0 radical (unpaired) electrons. The molecule has 1 unspecified atom stereocenters. The first-order valence-corrected chi connectivity index (χ1v) is 11.2. The van der Waals surface area contributed by atoms with E-state index in [-0.39, 0.29) is 17.8 Å². The number of para-hydroxylation sites is 1. The number of fused-ring (bicyclic) bond motifs is 1. The van der Waals surface area contributed by atoms with E-state index in [1.807, 2.05) is 55.5 Å². The molecule has 0 aliphatic carbocycles. The van der Waals surface area contributed by atoms with Gasteiger partial charge in [-0.05, 0) is 72.5 Å². The molecule has 0 aliphatic heterocycles. The first-order valence-electron chi connectivity index (χ1n) is 11.2. The van der Waals surface area contributed by atoms with Crippen LogP contribution in [-0.4, -0.2) is 25.7 Å². The average Bonchev–Trinajstić information content (AvgIpc) is 3.52. The Bertz CT molecular complexity index is 1410. The SMILES string of the molecule is CC(NC(=O)CCc1c(-c2ccc(F)cc2)[nH]c2ccccc12)c1ccc(-n2cncn2)cc1. The lowest BCUT2D eigenvalue weighted by Gasteiger charge is -2.15. The van der Waals surface area contributed by atoms with Crippen LogP contribution in [-0.2, 0) is 11.2 Å². The molecular formula is C27H24FN5O. The van der Waals surface area contributed by atoms with Crippen molar-refractivity contribution in [3.63, 3.8) is 0 Å². The van der Waals surface area contributed by atoms with Gasteiger partial charge in [0, 0.05) is 23.0 Å². The second kappa shape index (κ2) is 9.31. The van der Waals surface area contributed by atoms with E-state index in [0.29, 0.717) is 12.8 Å². The normalized spacial score (nSPS) is 12.1. The van der Waals surface area contributed by atoms with Crippen LogP contribution in [0.3, 0.4) is 0 Å². The molecule has 1 atom stereocenters. The summed E-state index contributed by atoms with van der Waals surface area (Å²) in [7, 11) is 0. The van der Waals surface area contributed by atoms with Gasteiger partial charge in [0.1, 0.15) is 18.5 Å². The lowest BCUT2D eigenvalue weighted by molar-refractivity contribution is -0.121. The fourth-order valence-electron chi connectivity index (χ4n) is 4.22. The Morgan fingerprint density at radius 3 is 2.56 bits per heavy atom. The fraction of sp³-hybridized carbons (Fsp3) is 0.148. The smallest absolute Gasteiger partial charge is 0.220 e. The third-order valence-electron chi connectivity index (χ3n) is 6.00. The minimum Gasteiger partial charge on any atom is -0.354 e. The number of nitrogens with zero attached hydrogens (tertiary/aromatic N) is 3. The largest absolute Gasteiger partial charge is 0.354 e. The van der Waals surface area contributed by atoms with Crippen molar-refractivity contribution in [3.05, 3.63) is 102 Å². The highest BCUT2D eigenvalue weighted by Crippen LogP contribution is 2.31. The van der Waals surface area contributed by atoms with Gasteiger partial charge in [0.15, 0.2) is 0 Å². The van der Waals surface area contributed by atoms with Gasteiger partial charge in [-0.15, -0.1) is 0 Å². The van der Waals surface area contributed by atoms with E-state index in [0.717, 1.165) is 39.0 Å². The quantitative estimate of drug-likeness (QED) is 0.348. The van der Waals surface area contributed by atoms with Gasteiger partial charge >= 0.3 is 0 Å². The molecule has 0 bridgehead atoms. The molecule has 2 N–H and O–H groups in total. The van der Waals surface area contributed by atoms with Gasteiger partial charge in [-0.1, -0.05) is 30.3 Å². The summed E-state index contributed by atoms with van der Waals surface area (Å²) in [5.41, 5.74) is 5.80. The Balaban J connectivity index is 1.29. The zero-order chi connectivity index (χ0) is 23.5. The Kier molecular flexibility index (Phi) is 5.91. The van der Waals surface area contributed by atoms with Crippen molar-refractivity contribution in [1.82, 2.24) is 25.1 Å². The first-order chi connectivity index (χ1) is 16.6.